The molecule has 2 rings (SSSR count). The predicted molar refractivity (Wildman–Crippen MR) is 92.6 cm³/mol. The van der Waals surface area contributed by atoms with E-state index in [4.69, 9.17) is 9.47 Å². The zero-order chi connectivity index (χ0) is 17.5. The van der Waals surface area contributed by atoms with E-state index in [2.05, 4.69) is 0 Å². The number of likely N-dealkylation sites (tertiary alicyclic amines) is 1. The lowest BCUT2D eigenvalue weighted by atomic mass is 10.2. The Balaban J connectivity index is 2.20. The molecule has 1 aromatic carbocycles. The first-order valence-corrected chi connectivity index (χ1v) is 8.34. The van der Waals surface area contributed by atoms with E-state index >= 15 is 0 Å². The molecule has 132 valence electrons. The van der Waals surface area contributed by atoms with Crippen LogP contribution in [0, 0.1) is 0 Å². The van der Waals surface area contributed by atoms with Gasteiger partial charge in [-0.25, -0.2) is 0 Å². The second-order valence-electron chi connectivity index (χ2n) is 5.94. The van der Waals surface area contributed by atoms with Gasteiger partial charge in [0.15, 0.2) is 0 Å². The van der Waals surface area contributed by atoms with Gasteiger partial charge in [-0.1, -0.05) is 12.8 Å². The Kier molecular flexibility index (Phi) is 6.46. The number of anilines is 1. The van der Waals surface area contributed by atoms with Gasteiger partial charge in [0.05, 0.1) is 19.9 Å². The van der Waals surface area contributed by atoms with Gasteiger partial charge in [-0.3, -0.25) is 14.5 Å². The van der Waals surface area contributed by atoms with Crippen LogP contribution in [0.1, 0.15) is 32.6 Å². The molecule has 24 heavy (non-hydrogen) atoms. The summed E-state index contributed by atoms with van der Waals surface area (Å²) in [5, 5.41) is 0. The average Bonchev–Trinajstić information content (AvgIpc) is 2.88. The smallest absolute Gasteiger partial charge is 0.242 e. The van der Waals surface area contributed by atoms with Crippen LogP contribution in [0.4, 0.5) is 5.69 Å². The molecule has 1 fully saturated rings. The molecule has 2 amide bonds. The van der Waals surface area contributed by atoms with E-state index in [1.165, 1.54) is 18.9 Å². The summed E-state index contributed by atoms with van der Waals surface area (Å²) in [5.74, 6) is 0.928. The quantitative estimate of drug-likeness (QED) is 0.830. The van der Waals surface area contributed by atoms with Gasteiger partial charge in [-0.15, -0.1) is 0 Å². The summed E-state index contributed by atoms with van der Waals surface area (Å²) in [6, 6.07) is 5.21. The molecule has 1 saturated heterocycles. The largest absolute Gasteiger partial charge is 0.497 e. The van der Waals surface area contributed by atoms with E-state index in [1.54, 1.807) is 25.3 Å². The highest BCUT2D eigenvalue weighted by molar-refractivity contribution is 5.98. The van der Waals surface area contributed by atoms with E-state index in [1.807, 2.05) is 4.90 Å². The Morgan fingerprint density at radius 2 is 1.75 bits per heavy atom. The third kappa shape index (κ3) is 4.40. The van der Waals surface area contributed by atoms with Crippen molar-refractivity contribution in [2.24, 2.45) is 0 Å². The van der Waals surface area contributed by atoms with Crippen molar-refractivity contribution < 1.29 is 19.1 Å². The van der Waals surface area contributed by atoms with E-state index in [9.17, 15) is 9.59 Å². The molecule has 1 heterocycles. The Morgan fingerprint density at radius 1 is 1.08 bits per heavy atom. The summed E-state index contributed by atoms with van der Waals surface area (Å²) in [6.45, 7) is 3.02. The molecular formula is C18H26N2O4. The lowest BCUT2D eigenvalue weighted by Gasteiger charge is -2.27. The van der Waals surface area contributed by atoms with Gasteiger partial charge < -0.3 is 14.4 Å². The van der Waals surface area contributed by atoms with Gasteiger partial charge in [-0.2, -0.15) is 0 Å². The molecule has 1 aliphatic heterocycles. The van der Waals surface area contributed by atoms with Crippen molar-refractivity contribution in [3.8, 4) is 11.5 Å². The summed E-state index contributed by atoms with van der Waals surface area (Å²) in [5.41, 5.74) is 0.578. The highest BCUT2D eigenvalue weighted by atomic mass is 16.5. The monoisotopic (exact) mass is 334 g/mol. The zero-order valence-corrected chi connectivity index (χ0v) is 14.7. The number of nitrogens with zero attached hydrogens (tertiary/aromatic N) is 2. The fraction of sp³-hybridized carbons (Fsp3) is 0.556. The second-order valence-corrected chi connectivity index (χ2v) is 5.94. The summed E-state index contributed by atoms with van der Waals surface area (Å²) in [6.07, 6.45) is 4.37. The van der Waals surface area contributed by atoms with Crippen LogP contribution in [-0.4, -0.2) is 50.6 Å². The van der Waals surface area contributed by atoms with Crippen LogP contribution in [0.5, 0.6) is 11.5 Å². The van der Waals surface area contributed by atoms with Crippen LogP contribution in [0.15, 0.2) is 18.2 Å². The number of hydrogen-bond donors (Lipinski definition) is 0. The molecule has 0 aromatic heterocycles. The van der Waals surface area contributed by atoms with Gasteiger partial charge in [0.25, 0.3) is 0 Å². The normalized spacial score (nSPS) is 14.7. The molecule has 0 radical (unpaired) electrons. The standard InChI is InChI=1S/C18H26N2O4/c1-14(21)20(13-18(22)19-10-6-4-5-7-11-19)16-9-8-15(23-2)12-17(16)24-3/h8-9,12H,4-7,10-11,13H2,1-3H3. The van der Waals surface area contributed by atoms with E-state index < -0.39 is 0 Å². The molecule has 0 aliphatic carbocycles. The number of benzene rings is 1. The fourth-order valence-electron chi connectivity index (χ4n) is 2.93. The van der Waals surface area contributed by atoms with Crippen LogP contribution in [0.3, 0.4) is 0 Å². The molecule has 0 saturated carbocycles. The Hall–Kier alpha value is -2.24. The molecular weight excluding hydrogens is 308 g/mol. The molecule has 0 bridgehead atoms. The fourth-order valence-corrected chi connectivity index (χ4v) is 2.93. The van der Waals surface area contributed by atoms with Crippen LogP contribution in [0.2, 0.25) is 0 Å². The van der Waals surface area contributed by atoms with Crippen molar-refractivity contribution in [2.45, 2.75) is 32.6 Å². The first-order chi connectivity index (χ1) is 11.6. The van der Waals surface area contributed by atoms with Crippen molar-refractivity contribution in [1.29, 1.82) is 0 Å². The third-order valence-corrected chi connectivity index (χ3v) is 4.31. The molecule has 0 atom stereocenters. The molecule has 1 aliphatic rings. The highest BCUT2D eigenvalue weighted by Crippen LogP contribution is 2.32. The number of rotatable bonds is 5. The maximum atomic E-state index is 12.6. The van der Waals surface area contributed by atoms with Crippen molar-refractivity contribution >= 4 is 17.5 Å². The van der Waals surface area contributed by atoms with Gasteiger partial charge in [0.1, 0.15) is 18.0 Å². The third-order valence-electron chi connectivity index (χ3n) is 4.31. The highest BCUT2D eigenvalue weighted by Gasteiger charge is 2.23. The lowest BCUT2D eigenvalue weighted by molar-refractivity contribution is -0.131. The van der Waals surface area contributed by atoms with Gasteiger partial charge in [0, 0.05) is 26.1 Å². The number of methoxy groups -OCH3 is 2. The van der Waals surface area contributed by atoms with Gasteiger partial charge >= 0.3 is 0 Å². The minimum atomic E-state index is -0.193. The average molecular weight is 334 g/mol. The predicted octanol–water partition coefficient (Wildman–Crippen LogP) is 2.46. The maximum absolute atomic E-state index is 12.6. The van der Waals surface area contributed by atoms with Crippen molar-refractivity contribution in [1.82, 2.24) is 4.90 Å². The number of ether oxygens (including phenoxy) is 2. The van der Waals surface area contributed by atoms with Crippen LogP contribution >= 0.6 is 0 Å². The van der Waals surface area contributed by atoms with Crippen molar-refractivity contribution in [2.75, 3.05) is 38.8 Å². The molecule has 0 spiro atoms. The minimum absolute atomic E-state index is 0.0232. The molecule has 1 aromatic rings. The molecule has 6 nitrogen and oxygen atoms in total. The molecule has 6 heteroatoms. The van der Waals surface area contributed by atoms with E-state index in [0.717, 1.165) is 38.8 Å². The lowest BCUT2D eigenvalue weighted by Crippen LogP contribution is -2.42. The summed E-state index contributed by atoms with van der Waals surface area (Å²) < 4.78 is 10.6. The van der Waals surface area contributed by atoms with Crippen LogP contribution in [0.25, 0.3) is 0 Å². The van der Waals surface area contributed by atoms with Crippen molar-refractivity contribution in [3.63, 3.8) is 0 Å². The van der Waals surface area contributed by atoms with Crippen LogP contribution < -0.4 is 14.4 Å². The molecule has 0 N–H and O–H groups in total. The number of amides is 2. The van der Waals surface area contributed by atoms with E-state index in [0.29, 0.717) is 17.2 Å². The topological polar surface area (TPSA) is 59.1 Å². The van der Waals surface area contributed by atoms with Crippen molar-refractivity contribution in [3.05, 3.63) is 18.2 Å². The second kappa shape index (κ2) is 8.57. The zero-order valence-electron chi connectivity index (χ0n) is 14.7. The van der Waals surface area contributed by atoms with Crippen LogP contribution in [-0.2, 0) is 9.59 Å². The Morgan fingerprint density at radius 3 is 2.29 bits per heavy atom. The number of carbonyl (C=O) groups excluding carboxylic acids is 2. The first kappa shape index (κ1) is 18.1. The molecule has 0 unspecified atom stereocenters. The summed E-state index contributed by atoms with van der Waals surface area (Å²) in [4.78, 5) is 28.1. The van der Waals surface area contributed by atoms with Gasteiger partial charge in [-0.05, 0) is 25.0 Å². The maximum Gasteiger partial charge on any atom is 0.242 e. The Labute approximate surface area is 143 Å². The summed E-state index contributed by atoms with van der Waals surface area (Å²) in [7, 11) is 3.10. The first-order valence-electron chi connectivity index (χ1n) is 8.34. The minimum Gasteiger partial charge on any atom is -0.497 e. The summed E-state index contributed by atoms with van der Waals surface area (Å²) >= 11 is 0. The SMILES string of the molecule is COc1ccc(N(CC(=O)N2CCCCCC2)C(C)=O)c(OC)c1. The van der Waals surface area contributed by atoms with E-state index in [-0.39, 0.29) is 18.4 Å². The Bertz CT molecular complexity index is 580. The number of carbonyl (C=O) groups is 2. The van der Waals surface area contributed by atoms with Gasteiger partial charge in [0.2, 0.25) is 11.8 Å². The number of hydrogen-bond acceptors (Lipinski definition) is 4.